The summed E-state index contributed by atoms with van der Waals surface area (Å²) in [6, 6.07) is 13.3. The molecule has 33 heavy (non-hydrogen) atoms. The fraction of sp³-hybridized carbons (Fsp3) is 0.538. The van der Waals surface area contributed by atoms with E-state index < -0.39 is 17.7 Å². The van der Waals surface area contributed by atoms with Crippen LogP contribution in [0.4, 0.5) is 13.2 Å². The van der Waals surface area contributed by atoms with Crippen molar-refractivity contribution < 1.29 is 32.9 Å². The minimum atomic E-state index is -4.23. The largest absolute Gasteiger partial charge is 0.493 e. The van der Waals surface area contributed by atoms with Crippen molar-refractivity contribution in [1.29, 1.82) is 0 Å². The Bertz CT molecular complexity index is 938. The third kappa shape index (κ3) is 5.36. The second-order valence-electron chi connectivity index (χ2n) is 9.48. The third-order valence-electron chi connectivity index (χ3n) is 7.07. The van der Waals surface area contributed by atoms with E-state index in [0.717, 1.165) is 22.3 Å². The van der Waals surface area contributed by atoms with Crippen LogP contribution in [0.3, 0.4) is 0 Å². The van der Waals surface area contributed by atoms with Crippen LogP contribution < -0.4 is 4.74 Å². The standard InChI is InChI=1S/C26H31F3O4/c1-17-3-6-19(24-14-21(31)13-23(15-30)33-24)12-20(17)11-18-4-7-22(8-5-18)32-16-25(9-2-10-25)26(27,28)29/h3-8,12,21,23-24,30-31H,2,9-11,13-16H2,1H3. The molecule has 0 bridgehead atoms. The number of alkyl halides is 3. The molecule has 1 aliphatic carbocycles. The molecule has 0 spiro atoms. The average molecular weight is 465 g/mol. The van der Waals surface area contributed by atoms with Crippen LogP contribution in [0.15, 0.2) is 42.5 Å². The molecule has 180 valence electrons. The van der Waals surface area contributed by atoms with Gasteiger partial charge in [-0.1, -0.05) is 36.8 Å². The molecule has 1 saturated heterocycles. The molecule has 0 radical (unpaired) electrons. The summed E-state index contributed by atoms with van der Waals surface area (Å²) in [4.78, 5) is 0. The first-order valence-electron chi connectivity index (χ1n) is 11.5. The van der Waals surface area contributed by atoms with Crippen LogP contribution in [-0.4, -0.2) is 41.8 Å². The molecule has 7 heteroatoms. The Morgan fingerprint density at radius 2 is 1.82 bits per heavy atom. The van der Waals surface area contributed by atoms with Crippen LogP contribution in [0.1, 0.15) is 60.5 Å². The Hall–Kier alpha value is -2.09. The Morgan fingerprint density at radius 1 is 1.09 bits per heavy atom. The summed E-state index contributed by atoms with van der Waals surface area (Å²) in [5.74, 6) is 0.444. The molecule has 4 rings (SSSR count). The molecule has 2 aliphatic rings. The number of aliphatic hydroxyl groups excluding tert-OH is 2. The van der Waals surface area contributed by atoms with Crippen molar-refractivity contribution in [3.8, 4) is 5.75 Å². The van der Waals surface area contributed by atoms with Gasteiger partial charge in [-0.15, -0.1) is 0 Å². The summed E-state index contributed by atoms with van der Waals surface area (Å²) < 4.78 is 51.4. The van der Waals surface area contributed by atoms with Gasteiger partial charge in [0.25, 0.3) is 0 Å². The number of benzene rings is 2. The summed E-state index contributed by atoms with van der Waals surface area (Å²) >= 11 is 0. The lowest BCUT2D eigenvalue weighted by molar-refractivity contribution is -0.259. The fourth-order valence-electron chi connectivity index (χ4n) is 4.66. The maximum atomic E-state index is 13.3. The smallest absolute Gasteiger partial charge is 0.397 e. The van der Waals surface area contributed by atoms with E-state index >= 15 is 0 Å². The maximum absolute atomic E-state index is 13.3. The van der Waals surface area contributed by atoms with Gasteiger partial charge in [0.2, 0.25) is 0 Å². The number of hydrogen-bond acceptors (Lipinski definition) is 4. The van der Waals surface area contributed by atoms with E-state index in [1.54, 1.807) is 12.1 Å². The van der Waals surface area contributed by atoms with Gasteiger partial charge in [0.05, 0.1) is 30.3 Å². The highest BCUT2D eigenvalue weighted by Crippen LogP contribution is 2.53. The molecule has 1 saturated carbocycles. The summed E-state index contributed by atoms with van der Waals surface area (Å²) in [5.41, 5.74) is 2.51. The molecule has 0 aromatic heterocycles. The van der Waals surface area contributed by atoms with Crippen molar-refractivity contribution in [3.63, 3.8) is 0 Å². The van der Waals surface area contributed by atoms with Crippen LogP contribution in [0.5, 0.6) is 5.75 Å². The van der Waals surface area contributed by atoms with Gasteiger partial charge in [0, 0.05) is 12.8 Å². The second kappa shape index (κ2) is 9.65. The van der Waals surface area contributed by atoms with Gasteiger partial charge in [-0.3, -0.25) is 0 Å². The van der Waals surface area contributed by atoms with Crippen molar-refractivity contribution in [2.45, 2.75) is 69.9 Å². The summed E-state index contributed by atoms with van der Waals surface area (Å²) in [5, 5.41) is 19.5. The molecule has 4 nitrogen and oxygen atoms in total. The predicted octanol–water partition coefficient (Wildman–Crippen LogP) is 5.27. The minimum Gasteiger partial charge on any atom is -0.493 e. The minimum absolute atomic E-state index is 0.120. The highest BCUT2D eigenvalue weighted by molar-refractivity contribution is 5.38. The number of halogens is 3. The van der Waals surface area contributed by atoms with E-state index in [1.807, 2.05) is 31.2 Å². The number of aliphatic hydroxyl groups is 2. The van der Waals surface area contributed by atoms with E-state index in [4.69, 9.17) is 9.47 Å². The normalized spacial score (nSPS) is 24.8. The van der Waals surface area contributed by atoms with Crippen molar-refractivity contribution in [3.05, 3.63) is 64.7 Å². The van der Waals surface area contributed by atoms with Crippen LogP contribution in [0.2, 0.25) is 0 Å². The lowest BCUT2D eigenvalue weighted by Gasteiger charge is -2.42. The average Bonchev–Trinajstić information content (AvgIpc) is 2.74. The van der Waals surface area contributed by atoms with E-state index in [2.05, 4.69) is 6.07 Å². The first kappa shape index (κ1) is 24.0. The van der Waals surface area contributed by atoms with Crippen molar-refractivity contribution in [2.24, 2.45) is 5.41 Å². The lowest BCUT2D eigenvalue weighted by atomic mass is 9.69. The zero-order valence-corrected chi connectivity index (χ0v) is 18.8. The summed E-state index contributed by atoms with van der Waals surface area (Å²) in [6.07, 6.45) is -2.94. The van der Waals surface area contributed by atoms with Gasteiger partial charge in [-0.2, -0.15) is 13.2 Å². The zero-order valence-electron chi connectivity index (χ0n) is 18.8. The SMILES string of the molecule is Cc1ccc(C2CC(O)CC(CO)O2)cc1Cc1ccc(OCC2(C(F)(F)F)CCC2)cc1. The molecular formula is C26H31F3O4. The summed E-state index contributed by atoms with van der Waals surface area (Å²) in [7, 11) is 0. The van der Waals surface area contributed by atoms with E-state index in [-0.39, 0.29) is 38.3 Å². The van der Waals surface area contributed by atoms with Crippen LogP contribution in [0.25, 0.3) is 0 Å². The van der Waals surface area contributed by atoms with Gasteiger partial charge < -0.3 is 19.7 Å². The van der Waals surface area contributed by atoms with E-state index in [9.17, 15) is 23.4 Å². The Balaban J connectivity index is 1.41. The highest BCUT2D eigenvalue weighted by Gasteiger charge is 2.58. The fourth-order valence-corrected chi connectivity index (χ4v) is 4.66. The molecule has 2 aromatic rings. The maximum Gasteiger partial charge on any atom is 0.397 e. The zero-order chi connectivity index (χ0) is 23.6. The second-order valence-corrected chi connectivity index (χ2v) is 9.48. The van der Waals surface area contributed by atoms with Gasteiger partial charge >= 0.3 is 6.18 Å². The van der Waals surface area contributed by atoms with Gasteiger partial charge in [-0.25, -0.2) is 0 Å². The number of hydrogen-bond donors (Lipinski definition) is 2. The van der Waals surface area contributed by atoms with E-state index in [1.165, 1.54) is 0 Å². The number of ether oxygens (including phenoxy) is 2. The molecule has 2 aromatic carbocycles. The lowest BCUT2D eigenvalue weighted by Crippen LogP contribution is -2.48. The molecule has 2 fully saturated rings. The molecule has 3 atom stereocenters. The van der Waals surface area contributed by atoms with E-state index in [0.29, 0.717) is 31.4 Å². The third-order valence-corrected chi connectivity index (χ3v) is 7.07. The quantitative estimate of drug-likeness (QED) is 0.586. The number of aryl methyl sites for hydroxylation is 1. The first-order chi connectivity index (χ1) is 15.7. The van der Waals surface area contributed by atoms with Crippen molar-refractivity contribution in [2.75, 3.05) is 13.2 Å². The molecule has 1 heterocycles. The molecule has 1 aliphatic heterocycles. The Kier molecular flexibility index (Phi) is 7.03. The Morgan fingerprint density at radius 3 is 2.42 bits per heavy atom. The molecular weight excluding hydrogens is 433 g/mol. The molecule has 2 N–H and O–H groups in total. The molecule has 0 amide bonds. The summed E-state index contributed by atoms with van der Waals surface area (Å²) in [6.45, 7) is 1.57. The van der Waals surface area contributed by atoms with Gasteiger partial charge in [-0.05, 0) is 60.6 Å². The predicted molar refractivity (Wildman–Crippen MR) is 118 cm³/mol. The van der Waals surface area contributed by atoms with Crippen LogP contribution >= 0.6 is 0 Å². The molecule has 3 unspecified atom stereocenters. The van der Waals surface area contributed by atoms with Crippen molar-refractivity contribution in [1.82, 2.24) is 0 Å². The first-order valence-corrected chi connectivity index (χ1v) is 11.5. The Labute approximate surface area is 192 Å². The van der Waals surface area contributed by atoms with Gasteiger partial charge in [0.1, 0.15) is 12.4 Å². The van der Waals surface area contributed by atoms with Crippen molar-refractivity contribution >= 4 is 0 Å². The number of rotatable bonds is 7. The topological polar surface area (TPSA) is 58.9 Å². The van der Waals surface area contributed by atoms with Gasteiger partial charge in [0.15, 0.2) is 0 Å². The van der Waals surface area contributed by atoms with Crippen LogP contribution in [-0.2, 0) is 11.2 Å². The van der Waals surface area contributed by atoms with Crippen LogP contribution in [0, 0.1) is 12.3 Å². The monoisotopic (exact) mass is 464 g/mol. The highest BCUT2D eigenvalue weighted by atomic mass is 19.4.